The Labute approximate surface area is 108 Å². The van der Waals surface area contributed by atoms with E-state index in [1.54, 1.807) is 0 Å². The van der Waals surface area contributed by atoms with E-state index in [2.05, 4.69) is 39.8 Å². The van der Waals surface area contributed by atoms with Gasteiger partial charge in [-0.3, -0.25) is 4.98 Å². The lowest BCUT2D eigenvalue weighted by atomic mass is 10.2. The molecule has 2 aromatic heterocycles. The summed E-state index contributed by atoms with van der Waals surface area (Å²) in [7, 11) is 0. The van der Waals surface area contributed by atoms with E-state index in [0.717, 1.165) is 21.8 Å². The first kappa shape index (κ1) is 11.6. The molecule has 0 aliphatic carbocycles. The quantitative estimate of drug-likeness (QED) is 0.877. The number of aromatic nitrogens is 1. The van der Waals surface area contributed by atoms with Gasteiger partial charge in [-0.25, -0.2) is 0 Å². The average Bonchev–Trinajstić information content (AvgIpc) is 2.73. The highest BCUT2D eigenvalue weighted by Crippen LogP contribution is 2.12. The van der Waals surface area contributed by atoms with Crippen LogP contribution in [0.3, 0.4) is 0 Å². The van der Waals surface area contributed by atoms with Crippen molar-refractivity contribution in [1.82, 2.24) is 10.3 Å². The van der Waals surface area contributed by atoms with E-state index >= 15 is 0 Å². The first-order chi connectivity index (χ1) is 7.75. The molecule has 0 saturated heterocycles. The summed E-state index contributed by atoms with van der Waals surface area (Å²) in [6, 6.07) is 10.1. The van der Waals surface area contributed by atoms with Crippen molar-refractivity contribution in [3.8, 4) is 0 Å². The zero-order chi connectivity index (χ0) is 11.4. The van der Waals surface area contributed by atoms with Crippen LogP contribution >= 0.6 is 22.6 Å². The molecular formula is C12H13IN2O. The van der Waals surface area contributed by atoms with Crippen LogP contribution in [0.15, 0.2) is 40.9 Å². The van der Waals surface area contributed by atoms with Gasteiger partial charge in [-0.05, 0) is 53.8 Å². The molecule has 0 aliphatic heterocycles. The monoisotopic (exact) mass is 328 g/mol. The molecule has 0 unspecified atom stereocenters. The number of nitrogens with zero attached hydrogens (tertiary/aromatic N) is 1. The van der Waals surface area contributed by atoms with E-state index in [-0.39, 0.29) is 6.04 Å². The second kappa shape index (κ2) is 5.45. The zero-order valence-electron chi connectivity index (χ0n) is 8.98. The third-order valence-electron chi connectivity index (χ3n) is 2.34. The van der Waals surface area contributed by atoms with Gasteiger partial charge >= 0.3 is 0 Å². The molecule has 2 heterocycles. The fraction of sp³-hybridized carbons (Fsp3) is 0.250. The highest BCUT2D eigenvalue weighted by Gasteiger charge is 2.06. The fourth-order valence-corrected chi connectivity index (χ4v) is 1.90. The van der Waals surface area contributed by atoms with Crippen LogP contribution in [0.4, 0.5) is 0 Å². The average molecular weight is 328 g/mol. The molecule has 3 nitrogen and oxygen atoms in total. The number of nitrogens with one attached hydrogen (secondary N) is 1. The smallest absolute Gasteiger partial charge is 0.164 e. The fourth-order valence-electron chi connectivity index (χ4n) is 1.44. The Bertz CT molecular complexity index is 441. The molecule has 0 saturated carbocycles. The molecule has 0 fully saturated rings. The van der Waals surface area contributed by atoms with Crippen LogP contribution in [0.5, 0.6) is 0 Å². The van der Waals surface area contributed by atoms with Crippen LogP contribution in [0.2, 0.25) is 0 Å². The molecule has 16 heavy (non-hydrogen) atoms. The molecule has 84 valence electrons. The van der Waals surface area contributed by atoms with Crippen LogP contribution < -0.4 is 5.32 Å². The van der Waals surface area contributed by atoms with Crippen molar-refractivity contribution in [2.24, 2.45) is 0 Å². The summed E-state index contributed by atoms with van der Waals surface area (Å²) in [4.78, 5) is 4.30. The largest absolute Gasteiger partial charge is 0.454 e. The molecule has 0 radical (unpaired) electrons. The van der Waals surface area contributed by atoms with Crippen molar-refractivity contribution < 1.29 is 4.42 Å². The second-order valence-corrected chi connectivity index (χ2v) is 4.63. The lowest BCUT2D eigenvalue weighted by Gasteiger charge is -2.11. The minimum atomic E-state index is 0.226. The molecule has 2 rings (SSSR count). The van der Waals surface area contributed by atoms with Gasteiger partial charge < -0.3 is 9.73 Å². The Hall–Kier alpha value is -0.880. The van der Waals surface area contributed by atoms with Crippen molar-refractivity contribution in [3.05, 3.63) is 51.7 Å². The summed E-state index contributed by atoms with van der Waals surface area (Å²) < 4.78 is 6.39. The summed E-state index contributed by atoms with van der Waals surface area (Å²) in [5.74, 6) is 0.951. The molecule has 0 bridgehead atoms. The number of rotatable bonds is 4. The third kappa shape index (κ3) is 3.05. The highest BCUT2D eigenvalue weighted by molar-refractivity contribution is 14.1. The predicted octanol–water partition coefficient (Wildman–Crippen LogP) is 3.13. The Balaban J connectivity index is 1.91. The maximum atomic E-state index is 5.47. The van der Waals surface area contributed by atoms with E-state index in [9.17, 15) is 0 Å². The number of hydrogen-bond acceptors (Lipinski definition) is 3. The van der Waals surface area contributed by atoms with E-state index in [0.29, 0.717) is 0 Å². The Morgan fingerprint density at radius 1 is 1.38 bits per heavy atom. The summed E-state index contributed by atoms with van der Waals surface area (Å²) in [5.41, 5.74) is 1.05. The first-order valence-corrected chi connectivity index (χ1v) is 6.22. The molecule has 4 heteroatoms. The lowest BCUT2D eigenvalue weighted by Crippen LogP contribution is -2.18. The van der Waals surface area contributed by atoms with Crippen molar-refractivity contribution in [2.45, 2.75) is 19.5 Å². The van der Waals surface area contributed by atoms with Gasteiger partial charge in [0.2, 0.25) is 0 Å². The summed E-state index contributed by atoms with van der Waals surface area (Å²) in [5, 5.41) is 3.37. The van der Waals surface area contributed by atoms with Gasteiger partial charge in [0.25, 0.3) is 0 Å². The molecular weight excluding hydrogens is 315 g/mol. The molecule has 0 aromatic carbocycles. The van der Waals surface area contributed by atoms with Gasteiger partial charge in [0.1, 0.15) is 5.76 Å². The normalized spacial score (nSPS) is 12.6. The van der Waals surface area contributed by atoms with E-state index in [4.69, 9.17) is 4.42 Å². The van der Waals surface area contributed by atoms with Crippen molar-refractivity contribution in [1.29, 1.82) is 0 Å². The van der Waals surface area contributed by atoms with Crippen LogP contribution in [-0.2, 0) is 6.54 Å². The van der Waals surface area contributed by atoms with Gasteiger partial charge in [0.15, 0.2) is 3.77 Å². The third-order valence-corrected chi connectivity index (χ3v) is 2.92. The molecule has 1 N–H and O–H groups in total. The number of furan rings is 1. The maximum Gasteiger partial charge on any atom is 0.164 e. The molecule has 0 aliphatic rings. The van der Waals surface area contributed by atoms with Crippen molar-refractivity contribution in [3.63, 3.8) is 0 Å². The maximum absolute atomic E-state index is 5.47. The molecule has 0 amide bonds. The minimum Gasteiger partial charge on any atom is -0.454 e. The van der Waals surface area contributed by atoms with Gasteiger partial charge in [0.05, 0.1) is 12.2 Å². The molecule has 0 spiro atoms. The Morgan fingerprint density at radius 2 is 2.25 bits per heavy atom. The zero-order valence-corrected chi connectivity index (χ0v) is 11.1. The van der Waals surface area contributed by atoms with E-state index in [1.807, 2.05) is 36.5 Å². The summed E-state index contributed by atoms with van der Waals surface area (Å²) in [6.07, 6.45) is 1.81. The van der Waals surface area contributed by atoms with Crippen LogP contribution in [0, 0.1) is 3.77 Å². The minimum absolute atomic E-state index is 0.226. The summed E-state index contributed by atoms with van der Waals surface area (Å²) in [6.45, 7) is 2.82. The number of halogens is 1. The predicted molar refractivity (Wildman–Crippen MR) is 70.9 cm³/mol. The Kier molecular flexibility index (Phi) is 3.95. The van der Waals surface area contributed by atoms with Gasteiger partial charge in [-0.15, -0.1) is 0 Å². The number of pyridine rings is 1. The standard InChI is InChI=1S/C12H13IN2O/c1-9(11-4-2-3-7-14-11)15-8-10-5-6-12(13)16-10/h2-7,9,15H,8H2,1H3/t9-/m0/s1. The molecule has 2 aromatic rings. The topological polar surface area (TPSA) is 38.1 Å². The highest BCUT2D eigenvalue weighted by atomic mass is 127. The van der Waals surface area contributed by atoms with Gasteiger partial charge in [-0.2, -0.15) is 0 Å². The first-order valence-electron chi connectivity index (χ1n) is 5.14. The van der Waals surface area contributed by atoms with Crippen LogP contribution in [0.25, 0.3) is 0 Å². The van der Waals surface area contributed by atoms with E-state index in [1.165, 1.54) is 0 Å². The van der Waals surface area contributed by atoms with Crippen LogP contribution in [-0.4, -0.2) is 4.98 Å². The van der Waals surface area contributed by atoms with Crippen molar-refractivity contribution >= 4 is 22.6 Å². The van der Waals surface area contributed by atoms with Gasteiger partial charge in [-0.1, -0.05) is 6.07 Å². The SMILES string of the molecule is C[C@H](NCc1ccc(I)o1)c1ccccn1. The van der Waals surface area contributed by atoms with Crippen LogP contribution in [0.1, 0.15) is 24.4 Å². The lowest BCUT2D eigenvalue weighted by molar-refractivity contribution is 0.442. The van der Waals surface area contributed by atoms with E-state index < -0.39 is 0 Å². The second-order valence-electron chi connectivity index (χ2n) is 3.56. The molecule has 1 atom stereocenters. The van der Waals surface area contributed by atoms with Crippen molar-refractivity contribution in [2.75, 3.05) is 0 Å². The Morgan fingerprint density at radius 3 is 2.88 bits per heavy atom. The number of hydrogen-bond donors (Lipinski definition) is 1. The summed E-state index contributed by atoms with van der Waals surface area (Å²) >= 11 is 2.16. The van der Waals surface area contributed by atoms with Gasteiger partial charge in [0, 0.05) is 12.2 Å².